The molecule has 0 aromatic carbocycles. The third-order valence-corrected chi connectivity index (χ3v) is 1.23. The Labute approximate surface area is 48.5 Å². The van der Waals surface area contributed by atoms with Crippen LogP contribution in [0.5, 0.6) is 0 Å². The van der Waals surface area contributed by atoms with Crippen LogP contribution >= 0.6 is 0 Å². The summed E-state index contributed by atoms with van der Waals surface area (Å²) in [6.45, 7) is 0. The van der Waals surface area contributed by atoms with Gasteiger partial charge in [-0.1, -0.05) is 0 Å². The molecule has 0 radical (unpaired) electrons. The van der Waals surface area contributed by atoms with E-state index >= 15 is 0 Å². The number of aromatic nitrogens is 3. The summed E-state index contributed by atoms with van der Waals surface area (Å²) in [4.78, 5) is 0. The first-order chi connectivity index (χ1) is 3.30. The van der Waals surface area contributed by atoms with Gasteiger partial charge in [-0.25, -0.2) is 0 Å². The van der Waals surface area contributed by atoms with Gasteiger partial charge in [0.05, 0.1) is 0 Å². The van der Waals surface area contributed by atoms with E-state index in [0.29, 0.717) is 4.72 Å². The summed E-state index contributed by atoms with van der Waals surface area (Å²) in [6, 6.07) is 0. The molecule has 0 atom stereocenters. The van der Waals surface area contributed by atoms with Crippen LogP contribution in [0.15, 0.2) is 6.33 Å². The molecule has 0 fully saturated rings. The third-order valence-electron chi connectivity index (χ3n) is 0.554. The zero-order valence-electron chi connectivity index (χ0n) is 3.44. The van der Waals surface area contributed by atoms with Crippen LogP contribution in [0.25, 0.3) is 0 Å². The average molecular weight is 163 g/mol. The van der Waals surface area contributed by atoms with E-state index in [2.05, 4.69) is 26.2 Å². The summed E-state index contributed by atoms with van der Waals surface area (Å²) in [5.74, 6) is 5.22. The third kappa shape index (κ3) is 0.730. The minimum atomic E-state index is 0.660. The van der Waals surface area contributed by atoms with Gasteiger partial charge in [0.1, 0.15) is 0 Å². The monoisotopic (exact) mass is 164 g/mol. The summed E-state index contributed by atoms with van der Waals surface area (Å²) in [7, 11) is 0. The molecule has 1 heterocycles. The van der Waals surface area contributed by atoms with E-state index in [0.717, 1.165) is 0 Å². The number of hydrogen-bond acceptors (Lipinski definition) is 3. The molecule has 5 heteroatoms. The Balaban J connectivity index is 3.12. The number of hydrogen-bond donors (Lipinski definition) is 1. The zero-order chi connectivity index (χ0) is 5.28. The molecule has 0 bridgehead atoms. The second-order valence-electron chi connectivity index (χ2n) is 1.04. The summed E-state index contributed by atoms with van der Waals surface area (Å²) in [5.41, 5.74) is 0. The molecule has 1 aromatic rings. The maximum atomic E-state index is 5.22. The van der Waals surface area contributed by atoms with Gasteiger partial charge in [-0.3, -0.25) is 0 Å². The average Bonchev–Trinajstić information content (AvgIpc) is 1.91. The van der Waals surface area contributed by atoms with Crippen molar-refractivity contribution in [3.8, 4) is 0 Å². The molecule has 1 aromatic heterocycles. The number of nitrogens with zero attached hydrogens (tertiary/aromatic N) is 3. The molecule has 0 amide bonds. The van der Waals surface area contributed by atoms with E-state index in [1.807, 2.05) is 0 Å². The van der Waals surface area contributed by atoms with Gasteiger partial charge in [-0.05, 0) is 0 Å². The Morgan fingerprint density at radius 1 is 1.86 bits per heavy atom. The molecule has 4 nitrogen and oxygen atoms in total. The Hall–Kier alpha value is -0.541. The molecule has 0 unspecified atom stereocenters. The van der Waals surface area contributed by atoms with Crippen molar-refractivity contribution in [3.63, 3.8) is 0 Å². The summed E-state index contributed by atoms with van der Waals surface area (Å²) < 4.78 is 1.99. The summed E-state index contributed by atoms with van der Waals surface area (Å²) in [5, 5.41) is 7.07. The summed E-state index contributed by atoms with van der Waals surface area (Å²) >= 11 is 2.20. The molecule has 1 rings (SSSR count). The molecule has 38 valence electrons. The molecule has 0 aliphatic rings. The fourth-order valence-corrected chi connectivity index (χ4v) is 0.453. The van der Waals surface area contributed by atoms with Gasteiger partial charge in [0.25, 0.3) is 0 Å². The topological polar surface area (TPSA) is 56.7 Å². The SMILES string of the molecule is Nn1cnnc1[SeH]. The van der Waals surface area contributed by atoms with Gasteiger partial charge < -0.3 is 0 Å². The zero-order valence-corrected chi connectivity index (χ0v) is 5.32. The van der Waals surface area contributed by atoms with Crippen molar-refractivity contribution >= 4 is 20.7 Å². The molecule has 0 spiro atoms. The maximum absolute atomic E-state index is 5.22. The first-order valence-corrected chi connectivity index (χ1v) is 2.58. The van der Waals surface area contributed by atoms with Gasteiger partial charge >= 0.3 is 47.8 Å². The Morgan fingerprint density at radius 2 is 2.57 bits per heavy atom. The van der Waals surface area contributed by atoms with Gasteiger partial charge in [0.15, 0.2) is 0 Å². The molecular formula is C2H4N4Se. The first-order valence-electron chi connectivity index (χ1n) is 1.65. The van der Waals surface area contributed by atoms with E-state index in [-0.39, 0.29) is 0 Å². The van der Waals surface area contributed by atoms with Crippen LogP contribution in [0.4, 0.5) is 0 Å². The van der Waals surface area contributed by atoms with Crippen LogP contribution in [-0.2, 0) is 0 Å². The van der Waals surface area contributed by atoms with Crippen molar-refractivity contribution in [1.29, 1.82) is 0 Å². The van der Waals surface area contributed by atoms with Crippen LogP contribution in [0.3, 0.4) is 0 Å². The molecule has 2 N–H and O–H groups in total. The van der Waals surface area contributed by atoms with Gasteiger partial charge in [0.2, 0.25) is 0 Å². The summed E-state index contributed by atoms with van der Waals surface area (Å²) in [6.07, 6.45) is 1.44. The standard InChI is InChI=1S/C2H4N4Se/c3-6-1-4-5-2(6)7/h1H,3H2,(H,5,7). The molecule has 7 heavy (non-hydrogen) atoms. The Morgan fingerprint density at radius 3 is 2.71 bits per heavy atom. The van der Waals surface area contributed by atoms with Crippen molar-refractivity contribution < 1.29 is 0 Å². The molecule has 0 saturated carbocycles. The fourth-order valence-electron chi connectivity index (χ4n) is 0.236. The molecule has 0 aliphatic heterocycles. The van der Waals surface area contributed by atoms with Gasteiger partial charge in [-0.15, -0.1) is 0 Å². The fraction of sp³-hybridized carbons (Fsp3) is 0. The predicted octanol–water partition coefficient (Wildman–Crippen LogP) is -2.48. The van der Waals surface area contributed by atoms with Crippen LogP contribution in [0, 0.1) is 0 Å². The van der Waals surface area contributed by atoms with E-state index in [1.54, 1.807) is 0 Å². The van der Waals surface area contributed by atoms with Crippen molar-refractivity contribution in [3.05, 3.63) is 6.33 Å². The number of nitrogen functional groups attached to an aromatic ring is 1. The normalized spacial score (nSPS) is 9.29. The van der Waals surface area contributed by atoms with Crippen molar-refractivity contribution in [1.82, 2.24) is 14.9 Å². The molecule has 0 saturated heterocycles. The van der Waals surface area contributed by atoms with Crippen LogP contribution in [0.1, 0.15) is 0 Å². The number of rotatable bonds is 0. The van der Waals surface area contributed by atoms with E-state index in [9.17, 15) is 0 Å². The van der Waals surface area contributed by atoms with E-state index in [1.165, 1.54) is 11.0 Å². The molecular weight excluding hydrogens is 159 g/mol. The van der Waals surface area contributed by atoms with Crippen molar-refractivity contribution in [2.45, 2.75) is 0 Å². The van der Waals surface area contributed by atoms with E-state index in [4.69, 9.17) is 5.84 Å². The number of nitrogens with two attached hydrogens (primary N) is 1. The molecule has 0 aliphatic carbocycles. The Kier molecular flexibility index (Phi) is 1.00. The van der Waals surface area contributed by atoms with Crippen LogP contribution in [-0.4, -0.2) is 30.9 Å². The quantitative estimate of drug-likeness (QED) is 0.340. The first kappa shape index (κ1) is 4.61. The van der Waals surface area contributed by atoms with Crippen molar-refractivity contribution in [2.75, 3.05) is 5.84 Å². The second kappa shape index (κ2) is 1.52. The minimum absolute atomic E-state index is 0.660. The van der Waals surface area contributed by atoms with E-state index < -0.39 is 0 Å². The van der Waals surface area contributed by atoms with Gasteiger partial charge in [0, 0.05) is 0 Å². The van der Waals surface area contributed by atoms with Gasteiger partial charge in [-0.2, -0.15) is 0 Å². The second-order valence-corrected chi connectivity index (χ2v) is 1.88. The predicted molar refractivity (Wildman–Crippen MR) is 27.0 cm³/mol. The Bertz CT molecular complexity index is 142. The van der Waals surface area contributed by atoms with Crippen molar-refractivity contribution in [2.24, 2.45) is 0 Å². The van der Waals surface area contributed by atoms with Crippen LogP contribution < -0.4 is 10.6 Å². The van der Waals surface area contributed by atoms with Crippen LogP contribution in [0.2, 0.25) is 0 Å².